The number of fused-ring (bicyclic) bond motifs is 2. The summed E-state index contributed by atoms with van der Waals surface area (Å²) in [5, 5.41) is 7.85. The van der Waals surface area contributed by atoms with Crippen LogP contribution in [0.5, 0.6) is 11.5 Å². The summed E-state index contributed by atoms with van der Waals surface area (Å²) in [5.74, 6) is -0.239. The summed E-state index contributed by atoms with van der Waals surface area (Å²) < 4.78 is 11.7. The number of nitrogens with one attached hydrogen (secondary N) is 1. The van der Waals surface area contributed by atoms with Gasteiger partial charge in [0.1, 0.15) is 0 Å². The smallest absolute Gasteiger partial charge is 0.344 e. The van der Waals surface area contributed by atoms with E-state index in [4.69, 9.17) is 9.47 Å². The lowest BCUT2D eigenvalue weighted by Gasteiger charge is -2.13. The molecule has 0 aromatic heterocycles. The number of nitrogens with zero attached hydrogens (tertiary/aromatic N) is 1. The molecule has 0 aliphatic rings. The first-order chi connectivity index (χ1) is 18.0. The van der Waals surface area contributed by atoms with E-state index in [0.29, 0.717) is 26.9 Å². The van der Waals surface area contributed by atoms with Crippen LogP contribution >= 0.6 is 15.9 Å². The second-order valence-corrected chi connectivity index (χ2v) is 9.07. The number of methoxy groups -OCH3 is 1. The van der Waals surface area contributed by atoms with Crippen molar-refractivity contribution >= 4 is 55.6 Å². The molecule has 0 saturated carbocycles. The second-order valence-electron chi connectivity index (χ2n) is 8.21. The highest BCUT2D eigenvalue weighted by molar-refractivity contribution is 9.10. The first-order valence-corrected chi connectivity index (χ1v) is 12.2. The molecule has 0 spiro atoms. The van der Waals surface area contributed by atoms with Crippen LogP contribution in [0.4, 0.5) is 0 Å². The largest absolute Gasteiger partial charge is 0.493 e. The van der Waals surface area contributed by atoms with Crippen LogP contribution in [-0.2, 0) is 0 Å². The summed E-state index contributed by atoms with van der Waals surface area (Å²) in [6.07, 6.45) is 1.49. The number of benzene rings is 5. The average molecular weight is 553 g/mol. The number of hydrogen-bond donors (Lipinski definition) is 1. The number of rotatable bonds is 6. The number of hydrazone groups is 1. The van der Waals surface area contributed by atoms with Crippen LogP contribution in [0.15, 0.2) is 107 Å². The second kappa shape index (κ2) is 10.6. The Hall–Kier alpha value is -4.49. The van der Waals surface area contributed by atoms with Gasteiger partial charge in [0.25, 0.3) is 5.91 Å². The maximum atomic E-state index is 13.0. The zero-order chi connectivity index (χ0) is 25.8. The van der Waals surface area contributed by atoms with E-state index in [1.54, 1.807) is 24.3 Å². The summed E-state index contributed by atoms with van der Waals surface area (Å²) in [4.78, 5) is 25.6. The molecule has 0 bridgehead atoms. The van der Waals surface area contributed by atoms with E-state index >= 15 is 0 Å². The minimum absolute atomic E-state index is 0.248. The van der Waals surface area contributed by atoms with Gasteiger partial charge in [-0.15, -0.1) is 0 Å². The van der Waals surface area contributed by atoms with Gasteiger partial charge in [0.2, 0.25) is 0 Å². The molecule has 182 valence electrons. The summed E-state index contributed by atoms with van der Waals surface area (Å²) in [6.45, 7) is 0. The molecule has 0 fully saturated rings. The monoisotopic (exact) mass is 552 g/mol. The Bertz CT molecular complexity index is 1670. The number of carbonyl (C=O) groups excluding carboxylic acids is 2. The minimum Gasteiger partial charge on any atom is -0.493 e. The lowest BCUT2D eigenvalue weighted by atomic mass is 10.0. The third-order valence-corrected chi connectivity index (χ3v) is 6.44. The molecular weight excluding hydrogens is 532 g/mol. The molecule has 5 aromatic carbocycles. The van der Waals surface area contributed by atoms with E-state index in [-0.39, 0.29) is 11.7 Å². The van der Waals surface area contributed by atoms with Gasteiger partial charge >= 0.3 is 5.97 Å². The lowest BCUT2D eigenvalue weighted by Crippen LogP contribution is -2.17. The maximum absolute atomic E-state index is 13.0. The molecule has 6 nitrogen and oxygen atoms in total. The molecular formula is C30H21BrN2O4. The lowest BCUT2D eigenvalue weighted by molar-refractivity contribution is 0.0730. The van der Waals surface area contributed by atoms with Crippen molar-refractivity contribution < 1.29 is 19.1 Å². The van der Waals surface area contributed by atoms with Crippen LogP contribution in [0.25, 0.3) is 21.5 Å². The number of amides is 1. The average Bonchev–Trinajstić information content (AvgIpc) is 2.93. The summed E-state index contributed by atoms with van der Waals surface area (Å²) in [6, 6.07) is 29.8. The van der Waals surface area contributed by atoms with Gasteiger partial charge in [-0.1, -0.05) is 66.7 Å². The van der Waals surface area contributed by atoms with Crippen LogP contribution in [0.2, 0.25) is 0 Å². The molecule has 0 radical (unpaired) electrons. The molecule has 0 aliphatic heterocycles. The molecule has 1 N–H and O–H groups in total. The van der Waals surface area contributed by atoms with Crippen LogP contribution in [0, 0.1) is 0 Å². The van der Waals surface area contributed by atoms with Crippen molar-refractivity contribution in [2.45, 2.75) is 0 Å². The fraction of sp³-hybridized carbons (Fsp3) is 0.0333. The molecule has 37 heavy (non-hydrogen) atoms. The highest BCUT2D eigenvalue weighted by Crippen LogP contribution is 2.37. The topological polar surface area (TPSA) is 77.0 Å². The van der Waals surface area contributed by atoms with E-state index in [1.165, 1.54) is 13.3 Å². The predicted molar refractivity (Wildman–Crippen MR) is 149 cm³/mol. The van der Waals surface area contributed by atoms with Gasteiger partial charge in [-0.25, -0.2) is 10.2 Å². The standard InChI is InChI=1S/C30H21BrN2O4/c1-36-27-16-19(18-32-33-29(34)23-14-13-20-7-2-3-9-22(20)17-23)15-26(31)28(27)37-30(35)25-12-6-10-21-8-4-5-11-24(21)25/h2-18H,1H3,(H,33,34)/b32-18-. The van der Waals surface area contributed by atoms with Gasteiger partial charge in [-0.05, 0) is 73.4 Å². The van der Waals surface area contributed by atoms with Crippen molar-refractivity contribution in [2.75, 3.05) is 7.11 Å². The van der Waals surface area contributed by atoms with Crippen molar-refractivity contribution in [1.29, 1.82) is 0 Å². The van der Waals surface area contributed by atoms with E-state index < -0.39 is 5.97 Å². The number of esters is 1. The first-order valence-electron chi connectivity index (χ1n) is 11.4. The summed E-state index contributed by atoms with van der Waals surface area (Å²) in [5.41, 5.74) is 4.13. The molecule has 0 heterocycles. The van der Waals surface area contributed by atoms with Gasteiger partial charge < -0.3 is 9.47 Å². The molecule has 7 heteroatoms. The van der Waals surface area contributed by atoms with E-state index in [2.05, 4.69) is 26.5 Å². The Kier molecular flexibility index (Phi) is 6.96. The van der Waals surface area contributed by atoms with Crippen LogP contribution in [-0.4, -0.2) is 25.2 Å². The maximum Gasteiger partial charge on any atom is 0.344 e. The van der Waals surface area contributed by atoms with E-state index in [9.17, 15) is 9.59 Å². The van der Waals surface area contributed by atoms with E-state index in [1.807, 2.05) is 72.8 Å². The van der Waals surface area contributed by atoms with Gasteiger partial charge in [0.15, 0.2) is 11.5 Å². The quantitative estimate of drug-likeness (QED) is 0.109. The zero-order valence-electron chi connectivity index (χ0n) is 19.8. The van der Waals surface area contributed by atoms with E-state index in [0.717, 1.165) is 21.5 Å². The SMILES string of the molecule is COc1cc(/C=N\NC(=O)c2ccc3ccccc3c2)cc(Br)c1OC(=O)c1cccc2ccccc12. The van der Waals surface area contributed by atoms with Gasteiger partial charge in [0, 0.05) is 5.56 Å². The predicted octanol–water partition coefficient (Wildman–Crippen LogP) is 6.75. The number of carbonyl (C=O) groups is 2. The summed E-state index contributed by atoms with van der Waals surface area (Å²) in [7, 11) is 1.49. The van der Waals surface area contributed by atoms with Crippen LogP contribution in [0.3, 0.4) is 0 Å². The Morgan fingerprint density at radius 2 is 1.57 bits per heavy atom. The Morgan fingerprint density at radius 1 is 0.838 bits per heavy atom. The van der Waals surface area contributed by atoms with Crippen molar-refractivity contribution in [3.05, 3.63) is 118 Å². The van der Waals surface area contributed by atoms with Gasteiger partial charge in [0.05, 0.1) is 23.4 Å². The zero-order valence-corrected chi connectivity index (χ0v) is 21.4. The van der Waals surface area contributed by atoms with Crippen molar-refractivity contribution in [2.24, 2.45) is 5.10 Å². The number of halogens is 1. The van der Waals surface area contributed by atoms with Crippen molar-refractivity contribution in [1.82, 2.24) is 5.43 Å². The Balaban J connectivity index is 1.33. The van der Waals surface area contributed by atoms with Crippen molar-refractivity contribution in [3.8, 4) is 11.5 Å². The van der Waals surface area contributed by atoms with Gasteiger partial charge in [-0.3, -0.25) is 4.79 Å². The molecule has 5 aromatic rings. The first kappa shape index (κ1) is 24.2. The third kappa shape index (κ3) is 5.22. The molecule has 0 saturated heterocycles. The number of hydrogen-bond acceptors (Lipinski definition) is 5. The molecule has 5 rings (SSSR count). The Labute approximate surface area is 221 Å². The Morgan fingerprint density at radius 3 is 2.38 bits per heavy atom. The fourth-order valence-electron chi connectivity index (χ4n) is 4.02. The van der Waals surface area contributed by atoms with Gasteiger partial charge in [-0.2, -0.15) is 5.10 Å². The molecule has 0 atom stereocenters. The highest BCUT2D eigenvalue weighted by Gasteiger charge is 2.18. The molecule has 0 unspecified atom stereocenters. The van der Waals surface area contributed by atoms with Crippen molar-refractivity contribution in [3.63, 3.8) is 0 Å². The number of ether oxygens (including phenoxy) is 2. The molecule has 0 aliphatic carbocycles. The molecule has 1 amide bonds. The summed E-state index contributed by atoms with van der Waals surface area (Å²) >= 11 is 3.46. The van der Waals surface area contributed by atoms with Crippen LogP contribution < -0.4 is 14.9 Å². The third-order valence-electron chi connectivity index (χ3n) is 5.85. The highest BCUT2D eigenvalue weighted by atomic mass is 79.9. The normalized spacial score (nSPS) is 11.1. The minimum atomic E-state index is -0.500. The van der Waals surface area contributed by atoms with Crippen LogP contribution in [0.1, 0.15) is 26.3 Å². The fourth-order valence-corrected chi connectivity index (χ4v) is 4.57.